The monoisotopic (exact) mass is 268 g/mol. The number of phenolic OH excluding ortho intramolecular Hbond substituents is 1. The van der Waals surface area contributed by atoms with Crippen LogP contribution in [0.25, 0.3) is 0 Å². The van der Waals surface area contributed by atoms with Crippen LogP contribution in [0.1, 0.15) is 16.7 Å². The Balaban J connectivity index is 2.06. The van der Waals surface area contributed by atoms with Gasteiger partial charge in [-0.2, -0.15) is 0 Å². The fourth-order valence-electron chi connectivity index (χ4n) is 2.50. The molecule has 4 heteroatoms. The lowest BCUT2D eigenvalue weighted by molar-refractivity contribution is 0.243. The minimum Gasteiger partial charge on any atom is -0.508 e. The Morgan fingerprint density at radius 3 is 2.67 bits per heavy atom. The number of halogens is 1. The predicted molar refractivity (Wildman–Crippen MR) is 75.6 cm³/mol. The summed E-state index contributed by atoms with van der Waals surface area (Å²) in [7, 11) is 0. The third kappa shape index (κ3) is 2.97. The highest BCUT2D eigenvalue weighted by atomic mass is 35.5. The van der Waals surface area contributed by atoms with Crippen LogP contribution in [0.4, 0.5) is 0 Å². The molecule has 100 valence electrons. The van der Waals surface area contributed by atoms with Crippen molar-refractivity contribution in [1.82, 2.24) is 10.2 Å². The van der Waals surface area contributed by atoms with Crippen molar-refractivity contribution in [3.8, 4) is 5.75 Å². The van der Waals surface area contributed by atoms with Crippen LogP contribution < -0.4 is 5.32 Å². The number of hydrogen-bond donors (Lipinski definition) is 2. The SMILES string of the molecule is Cc1cc(O)c(CCN2CCNCC2)c(C)c1Cl. The molecule has 1 aromatic rings. The van der Waals surface area contributed by atoms with Gasteiger partial charge in [0.15, 0.2) is 0 Å². The molecule has 1 heterocycles. The van der Waals surface area contributed by atoms with Crippen molar-refractivity contribution >= 4 is 11.6 Å². The van der Waals surface area contributed by atoms with Gasteiger partial charge in [-0.15, -0.1) is 0 Å². The van der Waals surface area contributed by atoms with Crippen molar-refractivity contribution in [2.45, 2.75) is 20.3 Å². The Kier molecular flexibility index (Phi) is 4.49. The van der Waals surface area contributed by atoms with E-state index in [1.54, 1.807) is 6.07 Å². The highest BCUT2D eigenvalue weighted by molar-refractivity contribution is 6.32. The van der Waals surface area contributed by atoms with Crippen LogP contribution in [0.5, 0.6) is 5.75 Å². The van der Waals surface area contributed by atoms with E-state index in [2.05, 4.69) is 10.2 Å². The summed E-state index contributed by atoms with van der Waals surface area (Å²) in [5.41, 5.74) is 2.95. The third-order valence-electron chi connectivity index (χ3n) is 3.68. The smallest absolute Gasteiger partial charge is 0.119 e. The first-order chi connectivity index (χ1) is 8.59. The molecule has 1 aliphatic rings. The molecule has 0 saturated carbocycles. The first kappa shape index (κ1) is 13.7. The number of aromatic hydroxyl groups is 1. The average Bonchev–Trinajstić information content (AvgIpc) is 2.37. The summed E-state index contributed by atoms with van der Waals surface area (Å²) in [6.07, 6.45) is 0.859. The maximum Gasteiger partial charge on any atom is 0.119 e. The van der Waals surface area contributed by atoms with Gasteiger partial charge in [-0.1, -0.05) is 11.6 Å². The largest absolute Gasteiger partial charge is 0.508 e. The summed E-state index contributed by atoms with van der Waals surface area (Å²) in [6.45, 7) is 9.17. The lowest BCUT2D eigenvalue weighted by atomic mass is 10.0. The lowest BCUT2D eigenvalue weighted by Crippen LogP contribution is -2.44. The van der Waals surface area contributed by atoms with Crippen molar-refractivity contribution in [1.29, 1.82) is 0 Å². The zero-order valence-electron chi connectivity index (χ0n) is 11.1. The summed E-state index contributed by atoms with van der Waals surface area (Å²) in [5.74, 6) is 0.379. The van der Waals surface area contributed by atoms with E-state index < -0.39 is 0 Å². The van der Waals surface area contributed by atoms with Crippen LogP contribution in [0, 0.1) is 13.8 Å². The molecule has 1 fully saturated rings. The van der Waals surface area contributed by atoms with Gasteiger partial charge in [-0.3, -0.25) is 0 Å². The number of nitrogens with one attached hydrogen (secondary N) is 1. The molecular weight excluding hydrogens is 248 g/mol. The first-order valence-corrected chi connectivity index (χ1v) is 6.88. The number of hydrogen-bond acceptors (Lipinski definition) is 3. The molecule has 18 heavy (non-hydrogen) atoms. The van der Waals surface area contributed by atoms with E-state index in [9.17, 15) is 5.11 Å². The van der Waals surface area contributed by atoms with Gasteiger partial charge in [0, 0.05) is 37.7 Å². The van der Waals surface area contributed by atoms with Gasteiger partial charge >= 0.3 is 0 Å². The van der Waals surface area contributed by atoms with Crippen molar-refractivity contribution in [2.24, 2.45) is 0 Å². The van der Waals surface area contributed by atoms with Crippen molar-refractivity contribution in [3.05, 3.63) is 27.8 Å². The molecule has 0 bridgehead atoms. The minimum absolute atomic E-state index is 0.379. The van der Waals surface area contributed by atoms with E-state index in [4.69, 9.17) is 11.6 Å². The molecule has 0 atom stereocenters. The molecule has 0 aliphatic carbocycles. The van der Waals surface area contributed by atoms with E-state index in [1.165, 1.54) is 0 Å². The predicted octanol–water partition coefficient (Wildman–Crippen LogP) is 2.11. The minimum atomic E-state index is 0.379. The Morgan fingerprint density at radius 1 is 1.33 bits per heavy atom. The maximum absolute atomic E-state index is 10.0. The van der Waals surface area contributed by atoms with Crippen LogP contribution in [0.3, 0.4) is 0 Å². The summed E-state index contributed by atoms with van der Waals surface area (Å²) < 4.78 is 0. The number of phenols is 1. The van der Waals surface area contributed by atoms with Crippen LogP contribution in [0.15, 0.2) is 6.07 Å². The average molecular weight is 269 g/mol. The fraction of sp³-hybridized carbons (Fsp3) is 0.571. The van der Waals surface area contributed by atoms with Gasteiger partial charge in [0.25, 0.3) is 0 Å². The standard InChI is InChI=1S/C14H21ClN2O/c1-10-9-13(18)12(11(2)14(10)15)3-6-17-7-4-16-5-8-17/h9,16,18H,3-8H2,1-2H3. The van der Waals surface area contributed by atoms with Crippen LogP contribution in [-0.4, -0.2) is 42.7 Å². The number of nitrogens with zero attached hydrogens (tertiary/aromatic N) is 1. The van der Waals surface area contributed by atoms with Gasteiger partial charge in [0.05, 0.1) is 0 Å². The molecule has 0 radical (unpaired) electrons. The Hall–Kier alpha value is -0.770. The summed E-state index contributed by atoms with van der Waals surface area (Å²) in [6, 6.07) is 1.77. The number of benzene rings is 1. The van der Waals surface area contributed by atoms with E-state index in [-0.39, 0.29) is 0 Å². The molecule has 0 amide bonds. The topological polar surface area (TPSA) is 35.5 Å². The second-order valence-corrected chi connectivity index (χ2v) is 5.35. The number of aryl methyl sites for hydroxylation is 1. The Labute approximate surface area is 114 Å². The van der Waals surface area contributed by atoms with Crippen molar-refractivity contribution in [3.63, 3.8) is 0 Å². The number of rotatable bonds is 3. The highest BCUT2D eigenvalue weighted by Gasteiger charge is 2.14. The van der Waals surface area contributed by atoms with Crippen molar-refractivity contribution < 1.29 is 5.11 Å². The van der Waals surface area contributed by atoms with E-state index in [1.807, 2.05) is 13.8 Å². The molecular formula is C14H21ClN2O. The Bertz CT molecular complexity index is 428. The normalized spacial score (nSPS) is 17.1. The molecule has 3 nitrogen and oxygen atoms in total. The van der Waals surface area contributed by atoms with E-state index >= 15 is 0 Å². The fourth-order valence-corrected chi connectivity index (χ4v) is 2.66. The molecule has 0 aromatic heterocycles. The molecule has 0 spiro atoms. The third-order valence-corrected chi connectivity index (χ3v) is 4.26. The zero-order chi connectivity index (χ0) is 13.1. The van der Waals surface area contributed by atoms with E-state index in [0.717, 1.165) is 60.9 Å². The zero-order valence-corrected chi connectivity index (χ0v) is 11.8. The first-order valence-electron chi connectivity index (χ1n) is 6.50. The van der Waals surface area contributed by atoms with E-state index in [0.29, 0.717) is 5.75 Å². The van der Waals surface area contributed by atoms with Crippen molar-refractivity contribution in [2.75, 3.05) is 32.7 Å². The second-order valence-electron chi connectivity index (χ2n) is 4.97. The van der Waals surface area contributed by atoms with Gasteiger partial charge < -0.3 is 15.3 Å². The highest BCUT2D eigenvalue weighted by Crippen LogP contribution is 2.31. The summed E-state index contributed by atoms with van der Waals surface area (Å²) in [5, 5.41) is 14.2. The van der Waals surface area contributed by atoms with Crippen LogP contribution >= 0.6 is 11.6 Å². The number of piperazine rings is 1. The second kappa shape index (κ2) is 5.91. The molecule has 1 aliphatic heterocycles. The molecule has 1 aromatic carbocycles. The molecule has 1 saturated heterocycles. The summed E-state index contributed by atoms with van der Waals surface area (Å²) in [4.78, 5) is 2.42. The molecule has 2 rings (SSSR count). The van der Waals surface area contributed by atoms with Crippen LogP contribution in [0.2, 0.25) is 5.02 Å². The van der Waals surface area contributed by atoms with Gasteiger partial charge in [-0.05, 0) is 43.0 Å². The summed E-state index contributed by atoms with van der Waals surface area (Å²) >= 11 is 6.24. The molecule has 0 unspecified atom stereocenters. The maximum atomic E-state index is 10.0. The molecule has 2 N–H and O–H groups in total. The quantitative estimate of drug-likeness (QED) is 0.881. The van der Waals surface area contributed by atoms with Crippen LogP contribution in [-0.2, 0) is 6.42 Å². The Morgan fingerprint density at radius 2 is 2.00 bits per heavy atom. The van der Waals surface area contributed by atoms with Gasteiger partial charge in [0.2, 0.25) is 0 Å². The lowest BCUT2D eigenvalue weighted by Gasteiger charge is -2.27. The van der Waals surface area contributed by atoms with Gasteiger partial charge in [-0.25, -0.2) is 0 Å². The van der Waals surface area contributed by atoms with Gasteiger partial charge in [0.1, 0.15) is 5.75 Å².